The van der Waals surface area contributed by atoms with E-state index in [-0.39, 0.29) is 11.8 Å². The third kappa shape index (κ3) is 5.03. The molecule has 0 aromatic carbocycles. The number of carbonyl (C=O) groups is 2. The number of rotatable bonds is 6. The van der Waals surface area contributed by atoms with Crippen molar-refractivity contribution in [1.29, 1.82) is 0 Å². The van der Waals surface area contributed by atoms with Crippen LogP contribution in [-0.4, -0.2) is 52.5 Å². The molecule has 1 rings (SSSR count). The van der Waals surface area contributed by atoms with Gasteiger partial charge in [-0.2, -0.15) is 11.8 Å². The summed E-state index contributed by atoms with van der Waals surface area (Å²) in [7, 11) is 0. The van der Waals surface area contributed by atoms with Crippen LogP contribution >= 0.6 is 11.8 Å². The van der Waals surface area contributed by atoms with Crippen LogP contribution in [0.4, 0.5) is 0 Å². The summed E-state index contributed by atoms with van der Waals surface area (Å²) < 4.78 is 0. The average molecular weight is 288 g/mol. The van der Waals surface area contributed by atoms with Crippen LogP contribution < -0.4 is 5.73 Å². The average Bonchev–Trinajstić information content (AvgIpc) is 2.37. The third-order valence-electron chi connectivity index (χ3n) is 3.34. The maximum Gasteiger partial charge on any atom is 0.327 e. The largest absolute Gasteiger partial charge is 0.480 e. The minimum absolute atomic E-state index is 0.0659. The smallest absolute Gasteiger partial charge is 0.327 e. The van der Waals surface area contributed by atoms with Gasteiger partial charge in [0.1, 0.15) is 6.04 Å². The topological polar surface area (TPSA) is 83.6 Å². The summed E-state index contributed by atoms with van der Waals surface area (Å²) in [5.74, 6) is 0.966. The molecule has 1 heterocycles. The zero-order valence-corrected chi connectivity index (χ0v) is 12.5. The summed E-state index contributed by atoms with van der Waals surface area (Å²) in [6.45, 7) is 5.21. The summed E-state index contributed by atoms with van der Waals surface area (Å²) in [5.41, 5.74) is 5.70. The van der Waals surface area contributed by atoms with Crippen LogP contribution in [0.15, 0.2) is 0 Å². The fraction of sp³-hybridized carbons (Fsp3) is 0.846. The molecule has 2 unspecified atom stereocenters. The van der Waals surface area contributed by atoms with E-state index in [0.717, 1.165) is 12.2 Å². The molecule has 110 valence electrons. The SMILES string of the molecule is CC(C)CC(CN)CC(=O)N1CCSCC1C(=O)O. The summed E-state index contributed by atoms with van der Waals surface area (Å²) in [5, 5.41) is 9.16. The predicted molar refractivity (Wildman–Crippen MR) is 77.1 cm³/mol. The fourth-order valence-corrected chi connectivity index (χ4v) is 3.44. The van der Waals surface area contributed by atoms with Gasteiger partial charge in [0.15, 0.2) is 0 Å². The minimum Gasteiger partial charge on any atom is -0.480 e. The molecule has 2 atom stereocenters. The molecule has 6 heteroatoms. The van der Waals surface area contributed by atoms with Gasteiger partial charge in [-0.25, -0.2) is 4.79 Å². The molecule has 1 aliphatic rings. The maximum atomic E-state index is 12.3. The maximum absolute atomic E-state index is 12.3. The van der Waals surface area contributed by atoms with Crippen LogP contribution in [0, 0.1) is 11.8 Å². The van der Waals surface area contributed by atoms with Crippen LogP contribution in [-0.2, 0) is 9.59 Å². The molecule has 1 amide bonds. The Morgan fingerprint density at radius 1 is 1.47 bits per heavy atom. The van der Waals surface area contributed by atoms with Gasteiger partial charge < -0.3 is 15.7 Å². The van der Waals surface area contributed by atoms with Gasteiger partial charge in [-0.1, -0.05) is 13.8 Å². The first-order chi connectivity index (χ1) is 8.95. The van der Waals surface area contributed by atoms with Crippen molar-refractivity contribution in [2.75, 3.05) is 24.6 Å². The van der Waals surface area contributed by atoms with Gasteiger partial charge in [0.2, 0.25) is 5.91 Å². The van der Waals surface area contributed by atoms with Gasteiger partial charge in [0.05, 0.1) is 0 Å². The first-order valence-electron chi connectivity index (χ1n) is 6.75. The van der Waals surface area contributed by atoms with Crippen molar-refractivity contribution in [1.82, 2.24) is 4.90 Å². The first-order valence-corrected chi connectivity index (χ1v) is 7.91. The number of nitrogens with zero attached hydrogens (tertiary/aromatic N) is 1. The van der Waals surface area contributed by atoms with Crippen LogP contribution in [0.2, 0.25) is 0 Å². The van der Waals surface area contributed by atoms with E-state index in [4.69, 9.17) is 10.8 Å². The van der Waals surface area contributed by atoms with Gasteiger partial charge >= 0.3 is 5.97 Å². The Morgan fingerprint density at radius 2 is 2.16 bits per heavy atom. The number of hydrogen-bond donors (Lipinski definition) is 2. The zero-order chi connectivity index (χ0) is 14.4. The number of aliphatic carboxylic acids is 1. The van der Waals surface area contributed by atoms with E-state index in [9.17, 15) is 9.59 Å². The number of carboxylic acid groups (broad SMARTS) is 1. The van der Waals surface area contributed by atoms with Crippen molar-refractivity contribution in [2.45, 2.75) is 32.7 Å². The van der Waals surface area contributed by atoms with Gasteiger partial charge in [-0.3, -0.25) is 4.79 Å². The van der Waals surface area contributed by atoms with Crippen molar-refractivity contribution >= 4 is 23.6 Å². The minimum atomic E-state index is -0.909. The lowest BCUT2D eigenvalue weighted by Gasteiger charge is -2.33. The molecule has 1 aliphatic heterocycles. The van der Waals surface area contributed by atoms with Crippen molar-refractivity contribution in [2.24, 2.45) is 17.6 Å². The Morgan fingerprint density at radius 3 is 2.68 bits per heavy atom. The molecule has 1 saturated heterocycles. The summed E-state index contributed by atoms with van der Waals surface area (Å²) in [6, 6.07) is -0.677. The van der Waals surface area contributed by atoms with E-state index in [2.05, 4.69) is 13.8 Å². The lowest BCUT2D eigenvalue weighted by molar-refractivity contribution is -0.149. The summed E-state index contributed by atoms with van der Waals surface area (Å²) in [4.78, 5) is 24.9. The van der Waals surface area contributed by atoms with Gasteiger partial charge in [-0.05, 0) is 24.8 Å². The zero-order valence-electron chi connectivity index (χ0n) is 11.7. The number of carboxylic acids is 1. The Kier molecular flexibility index (Phi) is 6.65. The van der Waals surface area contributed by atoms with Crippen molar-refractivity contribution in [3.05, 3.63) is 0 Å². The lowest BCUT2D eigenvalue weighted by Crippen LogP contribution is -2.50. The Labute approximate surface area is 118 Å². The molecule has 3 N–H and O–H groups in total. The van der Waals surface area contributed by atoms with Gasteiger partial charge in [0, 0.05) is 24.5 Å². The molecule has 1 fully saturated rings. The van der Waals surface area contributed by atoms with E-state index < -0.39 is 12.0 Å². The molecule has 0 saturated carbocycles. The number of carbonyl (C=O) groups excluding carboxylic acids is 1. The van der Waals surface area contributed by atoms with Crippen LogP contribution in [0.3, 0.4) is 0 Å². The second kappa shape index (κ2) is 7.75. The molecular weight excluding hydrogens is 264 g/mol. The second-order valence-corrected chi connectivity index (χ2v) is 6.60. The van der Waals surface area contributed by atoms with Crippen LogP contribution in [0.5, 0.6) is 0 Å². The van der Waals surface area contributed by atoms with Gasteiger partial charge in [0.25, 0.3) is 0 Å². The van der Waals surface area contributed by atoms with Crippen LogP contribution in [0.1, 0.15) is 26.7 Å². The Hall–Kier alpha value is -0.750. The highest BCUT2D eigenvalue weighted by atomic mass is 32.2. The van der Waals surface area contributed by atoms with Gasteiger partial charge in [-0.15, -0.1) is 0 Å². The number of amides is 1. The quantitative estimate of drug-likeness (QED) is 0.762. The molecule has 19 heavy (non-hydrogen) atoms. The van der Waals surface area contributed by atoms with Crippen LogP contribution in [0.25, 0.3) is 0 Å². The highest BCUT2D eigenvalue weighted by Crippen LogP contribution is 2.21. The Balaban J connectivity index is 2.61. The number of nitrogens with two attached hydrogens (primary N) is 1. The van der Waals surface area contributed by atoms with E-state index in [0.29, 0.717) is 31.2 Å². The lowest BCUT2D eigenvalue weighted by atomic mass is 9.93. The molecular formula is C13H24N2O3S. The van der Waals surface area contributed by atoms with Crippen molar-refractivity contribution < 1.29 is 14.7 Å². The van der Waals surface area contributed by atoms with Crippen molar-refractivity contribution in [3.63, 3.8) is 0 Å². The molecule has 5 nitrogen and oxygen atoms in total. The fourth-order valence-electron chi connectivity index (χ4n) is 2.40. The summed E-state index contributed by atoms with van der Waals surface area (Å²) >= 11 is 1.59. The highest BCUT2D eigenvalue weighted by Gasteiger charge is 2.32. The normalized spacial score (nSPS) is 21.5. The van der Waals surface area contributed by atoms with E-state index in [1.165, 1.54) is 4.90 Å². The van der Waals surface area contributed by atoms with E-state index in [1.807, 2.05) is 0 Å². The monoisotopic (exact) mass is 288 g/mol. The molecule has 0 bridgehead atoms. The van der Waals surface area contributed by atoms with E-state index in [1.54, 1.807) is 11.8 Å². The first kappa shape index (κ1) is 16.3. The number of hydrogen-bond acceptors (Lipinski definition) is 4. The standard InChI is InChI=1S/C13H24N2O3S/c1-9(2)5-10(7-14)6-12(16)15-3-4-19-8-11(15)13(17)18/h9-11H,3-8,14H2,1-2H3,(H,17,18). The van der Waals surface area contributed by atoms with Crippen molar-refractivity contribution in [3.8, 4) is 0 Å². The third-order valence-corrected chi connectivity index (χ3v) is 4.36. The highest BCUT2D eigenvalue weighted by molar-refractivity contribution is 7.99. The Bertz CT molecular complexity index is 323. The second-order valence-electron chi connectivity index (χ2n) is 5.45. The summed E-state index contributed by atoms with van der Waals surface area (Å²) in [6.07, 6.45) is 1.27. The predicted octanol–water partition coefficient (Wildman–Crippen LogP) is 1.03. The molecule has 0 aromatic rings. The number of thioether (sulfide) groups is 1. The molecule has 0 aromatic heterocycles. The molecule has 0 spiro atoms. The molecule has 0 aliphatic carbocycles. The van der Waals surface area contributed by atoms with E-state index >= 15 is 0 Å². The molecule has 0 radical (unpaired) electrons.